The molecule has 0 atom stereocenters. The normalized spacial score (nSPS) is 22.4. The monoisotopic (exact) mass is 1240 g/mol. The molecule has 4 aliphatic rings. The Morgan fingerprint density at radius 1 is 0.545 bits per heavy atom. The standard InChI is InChI=1S/C30H29N5O.C29H26BrN5O.C2H6.CH2I.V/c1-18-19(2)34-35-27(18)32-15-22-14-25(20-6-4-3-5-7-20)26(33-28(22)35)21-8-10-23(11-9-21)29(31)16-30(36,17-29)24-12-13-24;1-17-24(30)27-32-14-20-13-23(18-5-3-2-4-6-18)25(33-26(20)35(27)34-17)19-7-9-21(10-8-19)28(31)15-29(36,16-28)22-11-12-22;2*1-2;/h3-11,14-15,24,36H,12-13,16-17,31H2,1-2H3;2-10,13-14,22,36H,11-12,15-16,31H2,1H3;1-2H3;1H2;/q;;;-1;. The molecular formula is C62H63BrIN10O2V-. The second-order valence-electron chi connectivity index (χ2n) is 21.4. The third kappa shape index (κ3) is 9.96. The van der Waals surface area contributed by atoms with Crippen LogP contribution in [0.5, 0.6) is 0 Å². The Hall–Kier alpha value is -5.43. The van der Waals surface area contributed by atoms with Gasteiger partial charge in [-0.05, 0) is 134 Å². The molecule has 6 N–H and O–H groups in total. The SMILES string of the molecule is CC.Cc1nn2c(ncc3cc(-c4ccccc4)c(-c4ccc(C5(N)CC(O)(C6CC6)C5)cc4)nc32)c1Br.Cc1nn2c(ncc3cc(-c4ccccc4)c(-c4ccc(C5(N)CC(O)(C6CC6)C5)cc4)nc32)c1C.[CH2-]I.[V]. The largest absolute Gasteiger partial charge is 0.389 e. The van der Waals surface area contributed by atoms with E-state index in [0.29, 0.717) is 37.5 Å². The van der Waals surface area contributed by atoms with Gasteiger partial charge in [0.05, 0.1) is 38.5 Å². The van der Waals surface area contributed by atoms with E-state index in [1.54, 1.807) is 0 Å². The van der Waals surface area contributed by atoms with Gasteiger partial charge in [-0.3, -0.25) is 4.93 Å². The number of hydrogen-bond acceptors (Lipinski definition) is 10. The fourth-order valence-corrected chi connectivity index (χ4v) is 12.2. The van der Waals surface area contributed by atoms with E-state index in [-0.39, 0.29) is 18.6 Å². The molecule has 0 amide bonds. The Bertz CT molecular complexity index is 3530. The van der Waals surface area contributed by atoms with Crippen molar-refractivity contribution in [2.45, 2.75) is 108 Å². The van der Waals surface area contributed by atoms with Gasteiger partial charge in [0.25, 0.3) is 0 Å². The van der Waals surface area contributed by atoms with E-state index in [4.69, 9.17) is 26.5 Å². The Balaban J connectivity index is 0.000000162. The van der Waals surface area contributed by atoms with Crippen molar-refractivity contribution in [3.05, 3.63) is 171 Å². The molecule has 6 heterocycles. The topological polar surface area (TPSA) is 179 Å². The van der Waals surface area contributed by atoms with Crippen LogP contribution in [-0.2, 0) is 29.6 Å². The van der Waals surface area contributed by atoms with Gasteiger partial charge in [-0.25, -0.2) is 19.9 Å². The number of nitrogens with zero attached hydrogens (tertiary/aromatic N) is 8. The summed E-state index contributed by atoms with van der Waals surface area (Å²) in [6.45, 7) is 10.00. The van der Waals surface area contributed by atoms with Gasteiger partial charge >= 0.3 is 0 Å². The molecule has 393 valence electrons. The van der Waals surface area contributed by atoms with Gasteiger partial charge in [0.15, 0.2) is 22.6 Å². The molecule has 12 nitrogen and oxygen atoms in total. The fraction of sp³-hybridized carbons (Fsp3) is 0.306. The molecule has 4 saturated carbocycles. The molecule has 0 spiro atoms. The minimum atomic E-state index is -0.580. The number of aromatic nitrogens is 8. The van der Waals surface area contributed by atoms with Crippen LogP contribution in [0.25, 0.3) is 78.1 Å². The third-order valence-corrected chi connectivity index (χ3v) is 17.1. The molecule has 14 rings (SSSR count). The zero-order chi connectivity index (χ0) is 53.3. The molecule has 0 bridgehead atoms. The summed E-state index contributed by atoms with van der Waals surface area (Å²) in [5, 5.41) is 33.0. The maximum Gasteiger partial charge on any atom is 0.172 e. The summed E-state index contributed by atoms with van der Waals surface area (Å²) >= 11 is 5.51. The molecule has 6 aromatic heterocycles. The first-order valence-electron chi connectivity index (χ1n) is 26.3. The van der Waals surface area contributed by atoms with E-state index in [2.05, 4.69) is 121 Å². The minimum absolute atomic E-state index is 0. The summed E-state index contributed by atoms with van der Waals surface area (Å²) < 4.78 is 4.54. The maximum atomic E-state index is 10.8. The summed E-state index contributed by atoms with van der Waals surface area (Å²) in [6.07, 6.45) is 10.8. The van der Waals surface area contributed by atoms with Crippen LogP contribution >= 0.6 is 38.5 Å². The van der Waals surface area contributed by atoms with Gasteiger partial charge < -0.3 is 44.3 Å². The van der Waals surface area contributed by atoms with Crippen molar-refractivity contribution in [2.75, 3.05) is 0 Å². The molecule has 15 heteroatoms. The van der Waals surface area contributed by atoms with E-state index < -0.39 is 22.3 Å². The predicted octanol–water partition coefficient (Wildman–Crippen LogP) is 13.3. The van der Waals surface area contributed by atoms with Crippen LogP contribution in [0.2, 0.25) is 0 Å². The molecule has 0 aliphatic heterocycles. The minimum Gasteiger partial charge on any atom is -0.389 e. The Morgan fingerprint density at radius 2 is 0.922 bits per heavy atom. The van der Waals surface area contributed by atoms with Gasteiger partial charge in [-0.2, -0.15) is 19.2 Å². The van der Waals surface area contributed by atoms with Crippen LogP contribution in [0.4, 0.5) is 0 Å². The van der Waals surface area contributed by atoms with Crippen molar-refractivity contribution in [2.24, 2.45) is 23.3 Å². The average molecular weight is 1240 g/mol. The molecule has 4 fully saturated rings. The number of aryl methyl sites for hydroxylation is 3. The number of aliphatic hydroxyl groups is 2. The summed E-state index contributed by atoms with van der Waals surface area (Å²) in [7, 11) is 0. The predicted molar refractivity (Wildman–Crippen MR) is 317 cm³/mol. The maximum absolute atomic E-state index is 10.8. The summed E-state index contributed by atoms with van der Waals surface area (Å²) in [5.41, 5.74) is 27.6. The smallest absolute Gasteiger partial charge is 0.172 e. The van der Waals surface area contributed by atoms with Crippen LogP contribution in [0, 0.1) is 37.5 Å². The molecule has 1 radical (unpaired) electrons. The van der Waals surface area contributed by atoms with E-state index in [1.807, 2.05) is 115 Å². The molecule has 77 heavy (non-hydrogen) atoms. The number of rotatable bonds is 8. The number of fused-ring (bicyclic) bond motifs is 6. The van der Waals surface area contributed by atoms with E-state index >= 15 is 0 Å². The van der Waals surface area contributed by atoms with Crippen LogP contribution in [0.15, 0.2) is 138 Å². The number of nitrogens with two attached hydrogens (primary N) is 2. The average Bonchev–Trinajstić information content (AvgIpc) is 4.41. The number of benzene rings is 4. The second-order valence-corrected chi connectivity index (χ2v) is 22.1. The van der Waals surface area contributed by atoms with Crippen molar-refractivity contribution < 1.29 is 28.8 Å². The molecule has 10 aromatic rings. The Morgan fingerprint density at radius 3 is 1.32 bits per heavy atom. The van der Waals surface area contributed by atoms with Gasteiger partial charge in [0, 0.05) is 80.6 Å². The summed E-state index contributed by atoms with van der Waals surface area (Å²) in [4.78, 5) is 22.9. The zero-order valence-electron chi connectivity index (χ0n) is 44.1. The second kappa shape index (κ2) is 21.3. The van der Waals surface area contributed by atoms with Gasteiger partial charge in [0.2, 0.25) is 0 Å². The van der Waals surface area contributed by atoms with Crippen LogP contribution in [-0.4, -0.2) is 60.6 Å². The first-order chi connectivity index (χ1) is 36.7. The molecule has 0 unspecified atom stereocenters. The Kier molecular flexibility index (Phi) is 15.2. The van der Waals surface area contributed by atoms with Crippen LogP contribution in [0.1, 0.15) is 93.3 Å². The Labute approximate surface area is 483 Å². The van der Waals surface area contributed by atoms with Gasteiger partial charge in [-0.1, -0.05) is 123 Å². The van der Waals surface area contributed by atoms with E-state index in [9.17, 15) is 10.2 Å². The van der Waals surface area contributed by atoms with Crippen LogP contribution in [0.3, 0.4) is 0 Å². The molecule has 4 aromatic carbocycles. The molecular weight excluding hydrogens is 1170 g/mol. The van der Waals surface area contributed by atoms with E-state index in [1.165, 1.54) is 0 Å². The van der Waals surface area contributed by atoms with Crippen molar-refractivity contribution in [3.8, 4) is 44.8 Å². The van der Waals surface area contributed by atoms with Crippen molar-refractivity contribution in [1.82, 2.24) is 39.2 Å². The first-order valence-corrected chi connectivity index (χ1v) is 28.6. The van der Waals surface area contributed by atoms with Crippen LogP contribution < -0.4 is 11.5 Å². The summed E-state index contributed by atoms with van der Waals surface area (Å²) in [5.74, 6) is 0.866. The van der Waals surface area contributed by atoms with Crippen molar-refractivity contribution in [1.29, 1.82) is 0 Å². The molecule has 0 saturated heterocycles. The number of hydrogen-bond donors (Lipinski definition) is 4. The summed E-state index contributed by atoms with van der Waals surface area (Å²) in [6, 6.07) is 41.7. The first kappa shape index (κ1) is 54.9. The van der Waals surface area contributed by atoms with Crippen molar-refractivity contribution in [3.63, 3.8) is 0 Å². The van der Waals surface area contributed by atoms with Gasteiger partial charge in [-0.15, -0.1) is 0 Å². The third-order valence-electron chi connectivity index (χ3n) is 16.2. The number of halogens is 2. The quantitative estimate of drug-likeness (QED) is 0.0845. The van der Waals surface area contributed by atoms with E-state index in [0.717, 1.165) is 136 Å². The number of pyridine rings is 2. The fourth-order valence-electron chi connectivity index (χ4n) is 11.8. The van der Waals surface area contributed by atoms with Crippen molar-refractivity contribution >= 4 is 71.9 Å². The molecule has 4 aliphatic carbocycles. The zero-order valence-corrected chi connectivity index (χ0v) is 49.2. The van der Waals surface area contributed by atoms with Gasteiger partial charge in [0.1, 0.15) is 0 Å².